The highest BCUT2D eigenvalue weighted by Crippen LogP contribution is 2.25. The Morgan fingerprint density at radius 2 is 2.16 bits per heavy atom. The average molecular weight is 266 g/mol. The van der Waals surface area contributed by atoms with Gasteiger partial charge in [-0.3, -0.25) is 10.1 Å². The largest absolute Gasteiger partial charge is 0.545 e. The van der Waals surface area contributed by atoms with Crippen molar-refractivity contribution in [3.63, 3.8) is 0 Å². The van der Waals surface area contributed by atoms with E-state index in [4.69, 9.17) is 9.47 Å². The van der Waals surface area contributed by atoms with E-state index in [2.05, 4.69) is 0 Å². The molecule has 0 aliphatic rings. The quantitative estimate of drug-likeness (QED) is 0.306. The second-order valence-corrected chi connectivity index (χ2v) is 3.47. The van der Waals surface area contributed by atoms with E-state index < -0.39 is 10.9 Å². The van der Waals surface area contributed by atoms with Crippen LogP contribution in [0, 0.1) is 10.1 Å². The number of benzene rings is 1. The highest BCUT2D eigenvalue weighted by atomic mass is 16.6. The van der Waals surface area contributed by atoms with Crippen LogP contribution in [0.1, 0.15) is 5.56 Å². The summed E-state index contributed by atoms with van der Waals surface area (Å²) in [5, 5.41) is 21.2. The molecule has 0 aliphatic carbocycles. The molecule has 0 atom stereocenters. The number of carbonyl (C=O) groups excluding carboxylic acids is 1. The second kappa shape index (κ2) is 7.12. The molecule has 0 fully saturated rings. The Hall–Kier alpha value is -2.41. The third-order valence-electron chi connectivity index (χ3n) is 2.15. The molecule has 0 bridgehead atoms. The molecule has 0 spiro atoms. The first-order valence-corrected chi connectivity index (χ1v) is 5.34. The molecule has 7 nitrogen and oxygen atoms in total. The summed E-state index contributed by atoms with van der Waals surface area (Å²) in [4.78, 5) is 20.6. The molecule has 0 amide bonds. The maximum Gasteiger partial charge on any atom is 0.280 e. The highest BCUT2D eigenvalue weighted by Gasteiger charge is 2.13. The molecule has 0 unspecified atom stereocenters. The molecule has 0 N–H and O–H groups in total. The lowest BCUT2D eigenvalue weighted by Crippen LogP contribution is -2.18. The van der Waals surface area contributed by atoms with Gasteiger partial charge in [0.2, 0.25) is 0 Å². The van der Waals surface area contributed by atoms with Gasteiger partial charge in [0.1, 0.15) is 12.4 Å². The van der Waals surface area contributed by atoms with Gasteiger partial charge in [0, 0.05) is 7.11 Å². The fraction of sp³-hybridized carbons (Fsp3) is 0.250. The van der Waals surface area contributed by atoms with E-state index in [1.54, 1.807) is 0 Å². The van der Waals surface area contributed by atoms with Crippen LogP contribution in [-0.2, 0) is 9.53 Å². The summed E-state index contributed by atoms with van der Waals surface area (Å²) < 4.78 is 10.0. The number of ether oxygens (including phenoxy) is 2. The van der Waals surface area contributed by atoms with Gasteiger partial charge >= 0.3 is 0 Å². The molecule has 19 heavy (non-hydrogen) atoms. The summed E-state index contributed by atoms with van der Waals surface area (Å²) in [6, 6.07) is 4.14. The molecule has 7 heteroatoms. The number of methoxy groups -OCH3 is 1. The average Bonchev–Trinajstić information content (AvgIpc) is 2.37. The van der Waals surface area contributed by atoms with E-state index in [9.17, 15) is 20.0 Å². The summed E-state index contributed by atoms with van der Waals surface area (Å²) in [5.74, 6) is -1.11. The third-order valence-corrected chi connectivity index (χ3v) is 2.15. The van der Waals surface area contributed by atoms with Crippen LogP contribution < -0.4 is 9.84 Å². The number of carboxylic acids is 1. The Morgan fingerprint density at radius 1 is 1.42 bits per heavy atom. The van der Waals surface area contributed by atoms with E-state index in [1.807, 2.05) is 0 Å². The molecule has 0 aliphatic heterocycles. The van der Waals surface area contributed by atoms with Crippen molar-refractivity contribution in [2.75, 3.05) is 20.3 Å². The van der Waals surface area contributed by atoms with Crippen LogP contribution in [0.5, 0.6) is 5.75 Å². The molecule has 0 radical (unpaired) electrons. The number of rotatable bonds is 7. The molecule has 0 saturated carbocycles. The maximum atomic E-state index is 10.9. The minimum absolute atomic E-state index is 0.160. The molecule has 0 aromatic heterocycles. The summed E-state index contributed by atoms with van der Waals surface area (Å²) in [7, 11) is 1.51. The van der Waals surface area contributed by atoms with Crippen molar-refractivity contribution < 1.29 is 24.3 Å². The van der Waals surface area contributed by atoms with Crippen LogP contribution in [0.3, 0.4) is 0 Å². The van der Waals surface area contributed by atoms with Crippen molar-refractivity contribution in [1.82, 2.24) is 0 Å². The van der Waals surface area contributed by atoms with Gasteiger partial charge in [-0.25, -0.2) is 0 Å². The Kier molecular flexibility index (Phi) is 5.49. The summed E-state index contributed by atoms with van der Waals surface area (Å²) >= 11 is 0. The third kappa shape index (κ3) is 4.76. The van der Waals surface area contributed by atoms with Crippen molar-refractivity contribution in [2.45, 2.75) is 0 Å². The van der Waals surface area contributed by atoms with Crippen LogP contribution >= 0.6 is 0 Å². The topological polar surface area (TPSA) is 102 Å². The SMILES string of the molecule is COCCOc1ccc(/C=C/C(=O)[O-])c([N+](=O)[O-])c1. The standard InChI is InChI=1S/C12H13NO6/c1-18-6-7-19-10-4-2-9(3-5-12(14)15)11(8-10)13(16)17/h2-5,8H,6-7H2,1H3,(H,14,15)/p-1/b5-3+. The van der Waals surface area contributed by atoms with Gasteiger partial charge in [0.25, 0.3) is 5.69 Å². The van der Waals surface area contributed by atoms with Gasteiger partial charge in [0.05, 0.1) is 29.1 Å². The molecular formula is C12H12NO6-. The van der Waals surface area contributed by atoms with Crippen molar-refractivity contribution in [1.29, 1.82) is 0 Å². The predicted octanol–water partition coefficient (Wildman–Crippen LogP) is 0.383. The van der Waals surface area contributed by atoms with Crippen LogP contribution in [0.25, 0.3) is 6.08 Å². The van der Waals surface area contributed by atoms with Crippen LogP contribution in [-0.4, -0.2) is 31.2 Å². The monoisotopic (exact) mass is 266 g/mol. The number of hydrogen-bond donors (Lipinski definition) is 0. The fourth-order valence-electron chi connectivity index (χ4n) is 1.31. The molecule has 1 aromatic carbocycles. The molecule has 0 saturated heterocycles. The maximum absolute atomic E-state index is 10.9. The minimum atomic E-state index is -1.42. The number of aliphatic carboxylic acids is 1. The van der Waals surface area contributed by atoms with E-state index in [-0.39, 0.29) is 17.9 Å². The van der Waals surface area contributed by atoms with E-state index in [0.29, 0.717) is 12.4 Å². The van der Waals surface area contributed by atoms with Crippen LogP contribution in [0.15, 0.2) is 24.3 Å². The number of nitro groups is 1. The number of carbonyl (C=O) groups is 1. The van der Waals surface area contributed by atoms with Gasteiger partial charge in [-0.05, 0) is 24.3 Å². The fourth-order valence-corrected chi connectivity index (χ4v) is 1.31. The molecule has 1 aromatic rings. The highest BCUT2D eigenvalue weighted by molar-refractivity contribution is 5.84. The van der Waals surface area contributed by atoms with E-state index in [1.165, 1.54) is 25.3 Å². The van der Waals surface area contributed by atoms with Crippen molar-refractivity contribution in [2.24, 2.45) is 0 Å². The molecule has 102 valence electrons. The Morgan fingerprint density at radius 3 is 2.74 bits per heavy atom. The van der Waals surface area contributed by atoms with Gasteiger partial charge in [-0.15, -0.1) is 0 Å². The molecule has 0 heterocycles. The first-order chi connectivity index (χ1) is 9.04. The first kappa shape index (κ1) is 14.7. The Labute approximate surface area is 109 Å². The summed E-state index contributed by atoms with van der Waals surface area (Å²) in [5.41, 5.74) is -0.0827. The predicted molar refractivity (Wildman–Crippen MR) is 64.5 cm³/mol. The Balaban J connectivity index is 2.94. The van der Waals surface area contributed by atoms with Gasteiger partial charge in [0.15, 0.2) is 0 Å². The smallest absolute Gasteiger partial charge is 0.280 e. The minimum Gasteiger partial charge on any atom is -0.545 e. The van der Waals surface area contributed by atoms with Gasteiger partial charge < -0.3 is 19.4 Å². The summed E-state index contributed by atoms with van der Waals surface area (Å²) in [6.45, 7) is 0.627. The zero-order chi connectivity index (χ0) is 14.3. The number of carboxylic acid groups (broad SMARTS) is 1. The molecule has 1 rings (SSSR count). The van der Waals surface area contributed by atoms with Crippen molar-refractivity contribution in [3.8, 4) is 5.75 Å². The lowest BCUT2D eigenvalue weighted by molar-refractivity contribution is -0.385. The van der Waals surface area contributed by atoms with Crippen molar-refractivity contribution >= 4 is 17.7 Å². The van der Waals surface area contributed by atoms with E-state index >= 15 is 0 Å². The number of hydrogen-bond acceptors (Lipinski definition) is 6. The van der Waals surface area contributed by atoms with Gasteiger partial charge in [-0.2, -0.15) is 0 Å². The second-order valence-electron chi connectivity index (χ2n) is 3.47. The van der Waals surface area contributed by atoms with Crippen LogP contribution in [0.2, 0.25) is 0 Å². The first-order valence-electron chi connectivity index (χ1n) is 5.34. The molecular weight excluding hydrogens is 254 g/mol. The normalized spacial score (nSPS) is 10.6. The van der Waals surface area contributed by atoms with Crippen LogP contribution in [0.4, 0.5) is 5.69 Å². The Bertz CT molecular complexity index is 497. The zero-order valence-corrected chi connectivity index (χ0v) is 10.2. The van der Waals surface area contributed by atoms with Gasteiger partial charge in [-0.1, -0.05) is 0 Å². The van der Waals surface area contributed by atoms with Crippen molar-refractivity contribution in [3.05, 3.63) is 40.0 Å². The summed E-state index contributed by atoms with van der Waals surface area (Å²) in [6.07, 6.45) is 1.83. The lowest BCUT2D eigenvalue weighted by Gasteiger charge is -2.06. The number of nitrogens with zero attached hydrogens (tertiary/aromatic N) is 1. The number of nitro benzene ring substituents is 1. The zero-order valence-electron chi connectivity index (χ0n) is 10.2. The lowest BCUT2D eigenvalue weighted by atomic mass is 10.1. The van der Waals surface area contributed by atoms with E-state index in [0.717, 1.165) is 12.2 Å².